The number of amides is 6. The van der Waals surface area contributed by atoms with Crippen LogP contribution in [0.15, 0.2) is 30.3 Å². The van der Waals surface area contributed by atoms with Crippen molar-refractivity contribution < 1.29 is 68.4 Å². The average Bonchev–Trinajstić information content (AvgIpc) is 3.35. The van der Waals surface area contributed by atoms with Gasteiger partial charge in [0.05, 0.1) is 26.1 Å². The molecular weight excluding hydrogens is 897 g/mol. The fourth-order valence-electron chi connectivity index (χ4n) is 7.55. The molecule has 0 aliphatic carbocycles. The first-order chi connectivity index (χ1) is 32.3. The van der Waals surface area contributed by atoms with Crippen LogP contribution in [0, 0.1) is 5.41 Å². The lowest BCUT2D eigenvalue weighted by molar-refractivity contribution is -0.145. The van der Waals surface area contributed by atoms with Gasteiger partial charge in [0.15, 0.2) is 5.96 Å². The highest BCUT2D eigenvalue weighted by Crippen LogP contribution is 2.13. The molecule has 14 N–H and O–H groups in total. The Morgan fingerprint density at radius 1 is 0.662 bits per heavy atom. The number of nitrogens with two attached hydrogens (primary N) is 1. The first kappa shape index (κ1) is 55.4. The molecule has 3 rings (SSSR count). The quantitative estimate of drug-likeness (QED) is 0.0297. The van der Waals surface area contributed by atoms with Crippen LogP contribution in [0.25, 0.3) is 0 Å². The van der Waals surface area contributed by atoms with Crippen LogP contribution in [0.4, 0.5) is 0 Å². The standard InChI is InChI=1S/C42H64N12O14/c43-42(44)46-14-6-10-27-38(64)49-28(39(65)50-29(21-26-7-2-1-3-8-26)40(66)51-30(22-34(57)58)37(63)47-23-33(56)48-27)9-4-5-13-45-32(55)12-11-31(41(67)68)54-19-17-52(24-35(59)60)15-16-53(18-20-54)25-36(61)62/h1-3,7-8,27-31H,4-6,9-25H2,(H,45,55)(H,47,63)(H,48,56)(H,49,64)(H,50,65)(H,51,66)(H,57,58)(H,59,60)(H,61,62)(H,67,68)(H4,43,44,46)/t27-,28-,29+,30?,31?/m1/s1. The Labute approximate surface area is 392 Å². The number of unbranched alkanes of at least 4 members (excludes halogenated alkanes) is 1. The Morgan fingerprint density at radius 3 is 1.76 bits per heavy atom. The molecule has 2 saturated heterocycles. The molecule has 5 atom stereocenters. The summed E-state index contributed by atoms with van der Waals surface area (Å²) >= 11 is 0. The van der Waals surface area contributed by atoms with Gasteiger partial charge in [0, 0.05) is 65.2 Å². The smallest absolute Gasteiger partial charge is 0.320 e. The Balaban J connectivity index is 1.75. The highest BCUT2D eigenvalue weighted by Gasteiger charge is 2.34. The second kappa shape index (κ2) is 29.0. The van der Waals surface area contributed by atoms with Crippen molar-refractivity contribution in [1.29, 1.82) is 5.41 Å². The summed E-state index contributed by atoms with van der Waals surface area (Å²) in [5.41, 5.74) is 5.95. The Morgan fingerprint density at radius 2 is 1.19 bits per heavy atom. The van der Waals surface area contributed by atoms with Gasteiger partial charge in [-0.3, -0.25) is 68.1 Å². The summed E-state index contributed by atoms with van der Waals surface area (Å²) in [4.78, 5) is 133. The zero-order chi connectivity index (χ0) is 50.2. The fourth-order valence-corrected chi connectivity index (χ4v) is 7.55. The molecule has 2 aliphatic heterocycles. The third-order valence-electron chi connectivity index (χ3n) is 11.1. The van der Waals surface area contributed by atoms with Crippen LogP contribution in [-0.2, 0) is 54.4 Å². The lowest BCUT2D eigenvalue weighted by Gasteiger charge is -2.30. The molecule has 2 heterocycles. The summed E-state index contributed by atoms with van der Waals surface area (Å²) in [6.07, 6.45) is -0.681. The minimum absolute atomic E-state index is 0.0166. The zero-order valence-electron chi connectivity index (χ0n) is 37.7. The minimum Gasteiger partial charge on any atom is -0.481 e. The van der Waals surface area contributed by atoms with Crippen LogP contribution in [0.1, 0.15) is 56.9 Å². The first-order valence-corrected chi connectivity index (χ1v) is 22.2. The predicted molar refractivity (Wildman–Crippen MR) is 240 cm³/mol. The van der Waals surface area contributed by atoms with Gasteiger partial charge < -0.3 is 63.4 Å². The number of benzene rings is 1. The minimum atomic E-state index is -1.65. The normalized spacial score (nSPS) is 21.3. The molecule has 6 amide bonds. The summed E-state index contributed by atoms with van der Waals surface area (Å²) in [5.74, 6) is -10.0. The zero-order valence-corrected chi connectivity index (χ0v) is 37.7. The number of carboxylic acids is 4. The molecule has 26 nitrogen and oxygen atoms in total. The van der Waals surface area contributed by atoms with Crippen molar-refractivity contribution in [3.05, 3.63) is 35.9 Å². The van der Waals surface area contributed by atoms with Crippen LogP contribution in [0.5, 0.6) is 0 Å². The van der Waals surface area contributed by atoms with E-state index in [-0.39, 0.29) is 123 Å². The average molecular weight is 961 g/mol. The number of guanidine groups is 1. The van der Waals surface area contributed by atoms with E-state index in [4.69, 9.17) is 11.1 Å². The van der Waals surface area contributed by atoms with Crippen molar-refractivity contribution in [3.8, 4) is 0 Å². The largest absolute Gasteiger partial charge is 0.481 e. The summed E-state index contributed by atoms with van der Waals surface area (Å²) in [6, 6.07) is 1.71. The van der Waals surface area contributed by atoms with E-state index >= 15 is 0 Å². The fraction of sp³-hybridized carbons (Fsp3) is 0.595. The van der Waals surface area contributed by atoms with E-state index in [0.717, 1.165) is 0 Å². The maximum Gasteiger partial charge on any atom is 0.320 e. The SMILES string of the molecule is N=C(N)NCCC[C@H]1NC(=O)CNC(=O)C(CC(=O)O)NC(=O)[C@H](Cc2ccccc2)NC(=O)[C@@H](CCCCNC(=O)CCC(C(=O)O)N2CCN(CC(=O)O)CCN(CC(=O)O)CC2)NC1=O. The number of carboxylic acid groups (broad SMARTS) is 4. The Hall–Kier alpha value is -6.93. The third kappa shape index (κ3) is 21.1. The van der Waals surface area contributed by atoms with Crippen molar-refractivity contribution in [1.82, 2.24) is 51.9 Å². The number of aliphatic carboxylic acids is 4. The molecular formula is C42H64N12O14. The molecule has 0 saturated carbocycles. The van der Waals surface area contributed by atoms with E-state index in [1.54, 1.807) is 45.0 Å². The molecule has 26 heteroatoms. The van der Waals surface area contributed by atoms with Crippen LogP contribution in [-0.4, -0.2) is 203 Å². The van der Waals surface area contributed by atoms with Crippen LogP contribution >= 0.6 is 0 Å². The van der Waals surface area contributed by atoms with E-state index in [9.17, 15) is 68.4 Å². The molecule has 0 radical (unpaired) electrons. The van der Waals surface area contributed by atoms with Crippen molar-refractivity contribution in [2.45, 2.75) is 88.0 Å². The topological polar surface area (TPSA) is 395 Å². The second-order valence-electron chi connectivity index (χ2n) is 16.4. The maximum absolute atomic E-state index is 14.1. The van der Waals surface area contributed by atoms with Crippen molar-refractivity contribution >= 4 is 65.3 Å². The molecule has 2 unspecified atom stereocenters. The molecule has 1 aromatic carbocycles. The highest BCUT2D eigenvalue weighted by molar-refractivity contribution is 5.98. The Kier molecular flexibility index (Phi) is 23.6. The van der Waals surface area contributed by atoms with Gasteiger partial charge >= 0.3 is 23.9 Å². The predicted octanol–water partition coefficient (Wildman–Crippen LogP) is -4.36. The van der Waals surface area contributed by atoms with Crippen LogP contribution in [0.3, 0.4) is 0 Å². The Bertz CT molecular complexity index is 1910. The van der Waals surface area contributed by atoms with Gasteiger partial charge in [0.25, 0.3) is 0 Å². The van der Waals surface area contributed by atoms with Gasteiger partial charge in [-0.05, 0) is 44.1 Å². The summed E-state index contributed by atoms with van der Waals surface area (Å²) < 4.78 is 0. The summed E-state index contributed by atoms with van der Waals surface area (Å²) in [5, 5.41) is 63.5. The monoisotopic (exact) mass is 960 g/mol. The van der Waals surface area contributed by atoms with E-state index in [2.05, 4.69) is 37.2 Å². The van der Waals surface area contributed by atoms with Gasteiger partial charge in [0.1, 0.15) is 30.2 Å². The molecule has 0 spiro atoms. The number of rotatable bonds is 22. The maximum atomic E-state index is 14.1. The van der Waals surface area contributed by atoms with E-state index in [1.807, 2.05) is 0 Å². The van der Waals surface area contributed by atoms with Crippen molar-refractivity contribution in [2.75, 3.05) is 72.0 Å². The van der Waals surface area contributed by atoms with E-state index < -0.39 is 102 Å². The highest BCUT2D eigenvalue weighted by atomic mass is 16.4. The molecule has 0 bridgehead atoms. The molecule has 2 fully saturated rings. The summed E-state index contributed by atoms with van der Waals surface area (Å²) in [6.45, 7) is 0.0922. The third-order valence-corrected chi connectivity index (χ3v) is 11.1. The van der Waals surface area contributed by atoms with Gasteiger partial charge in [-0.2, -0.15) is 0 Å². The van der Waals surface area contributed by atoms with Gasteiger partial charge in [-0.1, -0.05) is 30.3 Å². The number of nitrogens with zero attached hydrogens (tertiary/aromatic N) is 3. The van der Waals surface area contributed by atoms with Gasteiger partial charge in [-0.25, -0.2) is 0 Å². The molecule has 376 valence electrons. The molecule has 68 heavy (non-hydrogen) atoms. The summed E-state index contributed by atoms with van der Waals surface area (Å²) in [7, 11) is 0. The van der Waals surface area contributed by atoms with Crippen LogP contribution in [0.2, 0.25) is 0 Å². The van der Waals surface area contributed by atoms with E-state index in [0.29, 0.717) is 5.56 Å². The number of hydrogen-bond donors (Lipinski definition) is 13. The lowest BCUT2D eigenvalue weighted by atomic mass is 10.0. The number of hydrogen-bond acceptors (Lipinski definition) is 14. The second-order valence-corrected chi connectivity index (χ2v) is 16.4. The van der Waals surface area contributed by atoms with Gasteiger partial charge in [-0.15, -0.1) is 0 Å². The lowest BCUT2D eigenvalue weighted by Crippen LogP contribution is -2.58. The first-order valence-electron chi connectivity index (χ1n) is 22.2. The van der Waals surface area contributed by atoms with Crippen LogP contribution < -0.4 is 43.0 Å². The van der Waals surface area contributed by atoms with Crippen molar-refractivity contribution in [2.24, 2.45) is 5.73 Å². The number of nitrogens with one attached hydrogen (secondary N) is 8. The van der Waals surface area contributed by atoms with E-state index in [1.165, 1.54) is 0 Å². The number of carbonyl (C=O) groups excluding carboxylic acids is 6. The van der Waals surface area contributed by atoms with Crippen molar-refractivity contribution in [3.63, 3.8) is 0 Å². The molecule has 0 aromatic heterocycles. The molecule has 1 aromatic rings. The number of carbonyl (C=O) groups is 10. The van der Waals surface area contributed by atoms with Gasteiger partial charge in [0.2, 0.25) is 35.4 Å². The molecule has 2 aliphatic rings.